The summed E-state index contributed by atoms with van der Waals surface area (Å²) >= 11 is 0. The van der Waals surface area contributed by atoms with Gasteiger partial charge in [-0.3, -0.25) is 4.79 Å². The Balaban J connectivity index is 4.73. The fourth-order valence-corrected chi connectivity index (χ4v) is 1.05. The van der Waals surface area contributed by atoms with Crippen molar-refractivity contribution in [3.8, 4) is 0 Å². The van der Waals surface area contributed by atoms with Gasteiger partial charge in [-0.15, -0.1) is 0 Å². The highest BCUT2D eigenvalue weighted by molar-refractivity contribution is 5.75. The summed E-state index contributed by atoms with van der Waals surface area (Å²) in [6.45, 7) is 1.19. The minimum Gasteiger partial charge on any atom is -0.465 e. The lowest BCUT2D eigenvalue weighted by Crippen LogP contribution is -2.44. The summed E-state index contributed by atoms with van der Waals surface area (Å²) in [7, 11) is 0. The molecule has 0 bridgehead atoms. The van der Waals surface area contributed by atoms with Crippen LogP contribution in [0.25, 0.3) is 0 Å². The molecule has 0 radical (unpaired) electrons. The number of carbonyl (C=O) groups excluding carboxylic acids is 1. The molecule has 102 valence electrons. The number of carbonyl (C=O) groups is 1. The van der Waals surface area contributed by atoms with Crippen molar-refractivity contribution >= 4 is 5.97 Å². The molecule has 0 aromatic rings. The predicted octanol–water partition coefficient (Wildman–Crippen LogP) is 2.01. The van der Waals surface area contributed by atoms with Gasteiger partial charge in [0.25, 0.3) is 0 Å². The summed E-state index contributed by atoms with van der Waals surface area (Å²) in [6, 6.07) is -1.96. The number of hydrogen-bond donors (Lipinski definition) is 1. The van der Waals surface area contributed by atoms with Gasteiger partial charge in [-0.05, 0) is 13.3 Å². The van der Waals surface area contributed by atoms with Crippen molar-refractivity contribution in [2.24, 2.45) is 11.7 Å². The average Bonchev–Trinajstić information content (AvgIpc) is 2.10. The lowest BCUT2D eigenvalue weighted by molar-refractivity contribution is -0.286. The summed E-state index contributed by atoms with van der Waals surface area (Å²) in [6.07, 6.45) is -12.6. The Kier molecular flexibility index (Phi) is 5.24. The van der Waals surface area contributed by atoms with E-state index in [1.54, 1.807) is 0 Å². The third-order valence-electron chi connectivity index (χ3n) is 1.87. The second-order valence-electron chi connectivity index (χ2n) is 3.23. The van der Waals surface area contributed by atoms with E-state index in [4.69, 9.17) is 5.73 Å². The van der Waals surface area contributed by atoms with Crippen molar-refractivity contribution in [2.75, 3.05) is 6.61 Å². The van der Waals surface area contributed by atoms with E-state index in [0.717, 1.165) is 0 Å². The summed E-state index contributed by atoms with van der Waals surface area (Å²) in [5.41, 5.74) is 4.92. The maximum atomic E-state index is 12.1. The number of esters is 1. The zero-order valence-electron chi connectivity index (χ0n) is 8.73. The number of rotatable bonds is 4. The van der Waals surface area contributed by atoms with Gasteiger partial charge in [-0.2, -0.15) is 26.3 Å². The van der Waals surface area contributed by atoms with Crippen LogP contribution in [0.4, 0.5) is 26.3 Å². The molecule has 0 rings (SSSR count). The SMILES string of the molecule is CCOC(=O)C(N)CC(C(F)(F)F)C(F)(F)F. The van der Waals surface area contributed by atoms with Gasteiger partial charge in [-0.25, -0.2) is 0 Å². The van der Waals surface area contributed by atoms with Gasteiger partial charge in [-0.1, -0.05) is 0 Å². The monoisotopic (exact) mass is 267 g/mol. The minimum atomic E-state index is -5.50. The lowest BCUT2D eigenvalue weighted by Gasteiger charge is -2.24. The molecule has 2 N–H and O–H groups in total. The molecule has 1 atom stereocenters. The molecule has 0 heterocycles. The second-order valence-corrected chi connectivity index (χ2v) is 3.23. The lowest BCUT2D eigenvalue weighted by atomic mass is 9.99. The normalized spacial score (nSPS) is 14.9. The Morgan fingerprint density at radius 1 is 1.18 bits per heavy atom. The van der Waals surface area contributed by atoms with E-state index in [2.05, 4.69) is 4.74 Å². The maximum absolute atomic E-state index is 12.1. The molecule has 0 fully saturated rings. The first-order valence-corrected chi connectivity index (χ1v) is 4.55. The first kappa shape index (κ1) is 16.0. The Labute approximate surface area is 92.9 Å². The molecule has 3 nitrogen and oxygen atoms in total. The zero-order chi connectivity index (χ0) is 13.9. The molecule has 0 aliphatic heterocycles. The molecule has 0 spiro atoms. The Morgan fingerprint density at radius 3 is 1.88 bits per heavy atom. The third-order valence-corrected chi connectivity index (χ3v) is 1.87. The average molecular weight is 267 g/mol. The molecule has 0 saturated heterocycles. The van der Waals surface area contributed by atoms with Gasteiger partial charge in [0.05, 0.1) is 6.61 Å². The highest BCUT2D eigenvalue weighted by atomic mass is 19.4. The van der Waals surface area contributed by atoms with Crippen molar-refractivity contribution < 1.29 is 35.9 Å². The first-order valence-electron chi connectivity index (χ1n) is 4.55. The maximum Gasteiger partial charge on any atom is 0.400 e. The molecule has 0 amide bonds. The highest BCUT2D eigenvalue weighted by Crippen LogP contribution is 2.41. The molecule has 0 aromatic heterocycles. The van der Waals surface area contributed by atoms with Gasteiger partial charge >= 0.3 is 18.3 Å². The second kappa shape index (κ2) is 5.56. The van der Waals surface area contributed by atoms with E-state index in [1.807, 2.05) is 0 Å². The standard InChI is InChI=1S/C8H11F6NO2/c1-2-17-6(16)4(15)3-5(7(9,10)11)8(12,13)14/h4-5H,2-3,15H2,1H3. The van der Waals surface area contributed by atoms with Crippen molar-refractivity contribution in [3.63, 3.8) is 0 Å². The Hall–Kier alpha value is -0.990. The quantitative estimate of drug-likeness (QED) is 0.626. The molecular weight excluding hydrogens is 256 g/mol. The smallest absolute Gasteiger partial charge is 0.400 e. The van der Waals surface area contributed by atoms with Crippen LogP contribution in [0.5, 0.6) is 0 Å². The molecule has 1 unspecified atom stereocenters. The van der Waals surface area contributed by atoms with Crippen molar-refractivity contribution in [3.05, 3.63) is 0 Å². The van der Waals surface area contributed by atoms with Crippen LogP contribution in [0.1, 0.15) is 13.3 Å². The number of nitrogens with two attached hydrogens (primary N) is 1. The van der Waals surface area contributed by atoms with E-state index in [0.29, 0.717) is 0 Å². The zero-order valence-corrected chi connectivity index (χ0v) is 8.73. The van der Waals surface area contributed by atoms with Crippen molar-refractivity contribution in [1.29, 1.82) is 0 Å². The molecule has 0 aliphatic rings. The summed E-state index contributed by atoms with van der Waals surface area (Å²) in [4.78, 5) is 10.9. The first-order chi connectivity index (χ1) is 7.50. The third kappa shape index (κ3) is 5.24. The predicted molar refractivity (Wildman–Crippen MR) is 44.8 cm³/mol. The van der Waals surface area contributed by atoms with Gasteiger partial charge < -0.3 is 10.5 Å². The van der Waals surface area contributed by atoms with Crippen LogP contribution in [0, 0.1) is 5.92 Å². The van der Waals surface area contributed by atoms with E-state index in [1.165, 1.54) is 6.92 Å². The largest absolute Gasteiger partial charge is 0.465 e. The topological polar surface area (TPSA) is 52.3 Å². The van der Waals surface area contributed by atoms with Crippen molar-refractivity contribution in [1.82, 2.24) is 0 Å². The van der Waals surface area contributed by atoms with Crippen LogP contribution in [0.15, 0.2) is 0 Å². The summed E-state index contributed by atoms with van der Waals surface area (Å²) in [5.74, 6) is -4.92. The van der Waals surface area contributed by atoms with Crippen LogP contribution < -0.4 is 5.73 Å². The van der Waals surface area contributed by atoms with Gasteiger partial charge in [0.15, 0.2) is 5.92 Å². The molecule has 0 aromatic carbocycles. The molecule has 0 saturated carbocycles. The highest BCUT2D eigenvalue weighted by Gasteiger charge is 2.57. The van der Waals surface area contributed by atoms with Crippen LogP contribution in [-0.4, -0.2) is 31.0 Å². The number of alkyl halides is 6. The number of halogens is 6. The van der Waals surface area contributed by atoms with Crippen LogP contribution in [0.2, 0.25) is 0 Å². The summed E-state index contributed by atoms with van der Waals surface area (Å²) < 4.78 is 76.8. The van der Waals surface area contributed by atoms with Gasteiger partial charge in [0, 0.05) is 0 Å². The molecular formula is C8H11F6NO2. The van der Waals surface area contributed by atoms with Crippen LogP contribution in [0.3, 0.4) is 0 Å². The van der Waals surface area contributed by atoms with Crippen LogP contribution >= 0.6 is 0 Å². The number of ether oxygens (including phenoxy) is 1. The fraction of sp³-hybridized carbons (Fsp3) is 0.875. The van der Waals surface area contributed by atoms with E-state index in [-0.39, 0.29) is 6.61 Å². The number of hydrogen-bond acceptors (Lipinski definition) is 3. The summed E-state index contributed by atoms with van der Waals surface area (Å²) in [5, 5.41) is 0. The van der Waals surface area contributed by atoms with Crippen LogP contribution in [-0.2, 0) is 9.53 Å². The van der Waals surface area contributed by atoms with E-state index >= 15 is 0 Å². The van der Waals surface area contributed by atoms with E-state index in [9.17, 15) is 31.1 Å². The Morgan fingerprint density at radius 2 is 1.59 bits per heavy atom. The van der Waals surface area contributed by atoms with Gasteiger partial charge in [0.1, 0.15) is 6.04 Å². The van der Waals surface area contributed by atoms with Crippen molar-refractivity contribution in [2.45, 2.75) is 31.7 Å². The molecule has 9 heteroatoms. The van der Waals surface area contributed by atoms with Gasteiger partial charge in [0.2, 0.25) is 0 Å². The molecule has 17 heavy (non-hydrogen) atoms. The minimum absolute atomic E-state index is 0.171. The molecule has 0 aliphatic carbocycles. The van der Waals surface area contributed by atoms with E-state index < -0.39 is 36.7 Å². The fourth-order valence-electron chi connectivity index (χ4n) is 1.05. The Bertz CT molecular complexity index is 248.